The maximum Gasteiger partial charge on any atom is 0.305 e. The first-order chi connectivity index (χ1) is 9.20. The van der Waals surface area contributed by atoms with E-state index < -0.39 is 0 Å². The first-order valence-corrected chi connectivity index (χ1v) is 6.89. The molecule has 0 aromatic heterocycles. The number of esters is 1. The Kier molecular flexibility index (Phi) is 5.15. The van der Waals surface area contributed by atoms with Crippen LogP contribution in [-0.4, -0.2) is 62.3 Å². The number of carbonyl (C=O) groups excluding carboxylic acids is 2. The SMILES string of the molecule is COC(=O)CCCN1CCOCC1C(=O)NC1CC1. The Labute approximate surface area is 113 Å². The number of amides is 1. The van der Waals surface area contributed by atoms with Crippen molar-refractivity contribution in [3.05, 3.63) is 0 Å². The summed E-state index contributed by atoms with van der Waals surface area (Å²) in [4.78, 5) is 25.3. The average Bonchev–Trinajstić information content (AvgIpc) is 3.23. The highest BCUT2D eigenvalue weighted by molar-refractivity contribution is 5.82. The van der Waals surface area contributed by atoms with Crippen molar-refractivity contribution in [2.24, 2.45) is 0 Å². The fourth-order valence-corrected chi connectivity index (χ4v) is 2.20. The van der Waals surface area contributed by atoms with Crippen LogP contribution in [-0.2, 0) is 19.1 Å². The smallest absolute Gasteiger partial charge is 0.305 e. The maximum absolute atomic E-state index is 12.1. The molecule has 1 heterocycles. The van der Waals surface area contributed by atoms with Crippen LogP contribution < -0.4 is 5.32 Å². The summed E-state index contributed by atoms with van der Waals surface area (Å²) in [5.41, 5.74) is 0. The van der Waals surface area contributed by atoms with E-state index in [9.17, 15) is 9.59 Å². The molecular weight excluding hydrogens is 248 g/mol. The lowest BCUT2D eigenvalue weighted by Gasteiger charge is -2.34. The van der Waals surface area contributed by atoms with Gasteiger partial charge in [0.05, 0.1) is 20.3 Å². The van der Waals surface area contributed by atoms with Crippen LogP contribution >= 0.6 is 0 Å². The van der Waals surface area contributed by atoms with Crippen molar-refractivity contribution >= 4 is 11.9 Å². The van der Waals surface area contributed by atoms with Gasteiger partial charge < -0.3 is 14.8 Å². The van der Waals surface area contributed by atoms with Crippen LogP contribution in [0.25, 0.3) is 0 Å². The van der Waals surface area contributed by atoms with Crippen molar-refractivity contribution < 1.29 is 19.1 Å². The number of rotatable bonds is 6. The van der Waals surface area contributed by atoms with E-state index in [1.54, 1.807) is 0 Å². The molecule has 2 rings (SSSR count). The van der Waals surface area contributed by atoms with Gasteiger partial charge >= 0.3 is 5.97 Å². The first-order valence-electron chi connectivity index (χ1n) is 6.89. The number of carbonyl (C=O) groups is 2. The fraction of sp³-hybridized carbons (Fsp3) is 0.846. The molecule has 1 aliphatic heterocycles. The fourth-order valence-electron chi connectivity index (χ4n) is 2.20. The second kappa shape index (κ2) is 6.86. The number of hydrogen-bond donors (Lipinski definition) is 1. The molecule has 1 N–H and O–H groups in total. The molecule has 1 saturated carbocycles. The molecule has 0 aromatic carbocycles. The number of ether oxygens (including phenoxy) is 2. The molecule has 1 unspecified atom stereocenters. The molecule has 0 radical (unpaired) electrons. The zero-order chi connectivity index (χ0) is 13.7. The van der Waals surface area contributed by atoms with E-state index in [1.807, 2.05) is 0 Å². The molecule has 108 valence electrons. The molecule has 1 amide bonds. The van der Waals surface area contributed by atoms with Gasteiger partial charge in [0.15, 0.2) is 0 Å². The quantitative estimate of drug-likeness (QED) is 0.684. The first kappa shape index (κ1) is 14.3. The van der Waals surface area contributed by atoms with Gasteiger partial charge in [-0.25, -0.2) is 0 Å². The van der Waals surface area contributed by atoms with Crippen molar-refractivity contribution in [1.82, 2.24) is 10.2 Å². The van der Waals surface area contributed by atoms with E-state index in [-0.39, 0.29) is 17.9 Å². The van der Waals surface area contributed by atoms with Crippen LogP contribution in [0.2, 0.25) is 0 Å². The molecule has 0 aromatic rings. The number of morpholine rings is 1. The molecule has 1 atom stereocenters. The number of nitrogens with zero attached hydrogens (tertiary/aromatic N) is 1. The van der Waals surface area contributed by atoms with Gasteiger partial charge in [-0.15, -0.1) is 0 Å². The van der Waals surface area contributed by atoms with Crippen LogP contribution in [0.15, 0.2) is 0 Å². The van der Waals surface area contributed by atoms with Crippen LogP contribution in [0.3, 0.4) is 0 Å². The Morgan fingerprint density at radius 3 is 2.89 bits per heavy atom. The average molecular weight is 270 g/mol. The molecule has 2 fully saturated rings. The Bertz CT molecular complexity index is 331. The lowest BCUT2D eigenvalue weighted by atomic mass is 10.2. The summed E-state index contributed by atoms with van der Waals surface area (Å²) in [7, 11) is 1.39. The minimum Gasteiger partial charge on any atom is -0.469 e. The topological polar surface area (TPSA) is 67.9 Å². The Morgan fingerprint density at radius 1 is 1.42 bits per heavy atom. The normalized spacial score (nSPS) is 23.9. The third-order valence-electron chi connectivity index (χ3n) is 3.52. The van der Waals surface area contributed by atoms with Crippen molar-refractivity contribution in [3.8, 4) is 0 Å². The molecule has 19 heavy (non-hydrogen) atoms. The summed E-state index contributed by atoms with van der Waals surface area (Å²) < 4.78 is 10.0. The lowest BCUT2D eigenvalue weighted by Crippen LogP contribution is -2.54. The molecule has 1 saturated heterocycles. The van der Waals surface area contributed by atoms with E-state index in [0.717, 1.165) is 25.9 Å². The second-order valence-corrected chi connectivity index (χ2v) is 5.09. The number of nitrogens with one attached hydrogen (secondary N) is 1. The molecule has 0 spiro atoms. The maximum atomic E-state index is 12.1. The molecule has 0 bridgehead atoms. The Balaban J connectivity index is 1.77. The van der Waals surface area contributed by atoms with Crippen LogP contribution in [0.1, 0.15) is 25.7 Å². The Hall–Kier alpha value is -1.14. The summed E-state index contributed by atoms with van der Waals surface area (Å²) >= 11 is 0. The van der Waals surface area contributed by atoms with Gasteiger partial charge in [0, 0.05) is 19.0 Å². The van der Waals surface area contributed by atoms with Gasteiger partial charge in [-0.2, -0.15) is 0 Å². The summed E-state index contributed by atoms with van der Waals surface area (Å²) in [6, 6.07) is 0.151. The third-order valence-corrected chi connectivity index (χ3v) is 3.52. The second-order valence-electron chi connectivity index (χ2n) is 5.09. The van der Waals surface area contributed by atoms with E-state index in [0.29, 0.717) is 32.1 Å². The zero-order valence-electron chi connectivity index (χ0n) is 11.4. The van der Waals surface area contributed by atoms with Crippen molar-refractivity contribution in [3.63, 3.8) is 0 Å². The Morgan fingerprint density at radius 2 is 2.21 bits per heavy atom. The van der Waals surface area contributed by atoms with E-state index >= 15 is 0 Å². The summed E-state index contributed by atoms with van der Waals surface area (Å²) in [5.74, 6) is -0.146. The highest BCUT2D eigenvalue weighted by Crippen LogP contribution is 2.19. The van der Waals surface area contributed by atoms with Crippen molar-refractivity contribution in [2.45, 2.75) is 37.8 Å². The van der Waals surface area contributed by atoms with E-state index in [4.69, 9.17) is 4.74 Å². The zero-order valence-corrected chi connectivity index (χ0v) is 11.4. The van der Waals surface area contributed by atoms with Gasteiger partial charge in [0.25, 0.3) is 0 Å². The van der Waals surface area contributed by atoms with Crippen molar-refractivity contribution in [2.75, 3.05) is 33.4 Å². The summed E-state index contributed by atoms with van der Waals surface area (Å²) in [5, 5.41) is 3.01. The van der Waals surface area contributed by atoms with Gasteiger partial charge in [-0.1, -0.05) is 0 Å². The number of hydrogen-bond acceptors (Lipinski definition) is 5. The largest absolute Gasteiger partial charge is 0.469 e. The summed E-state index contributed by atoms with van der Waals surface area (Å²) in [6.45, 7) is 2.55. The lowest BCUT2D eigenvalue weighted by molar-refractivity contribution is -0.140. The van der Waals surface area contributed by atoms with E-state index in [1.165, 1.54) is 7.11 Å². The van der Waals surface area contributed by atoms with Gasteiger partial charge in [0.2, 0.25) is 5.91 Å². The molecule has 6 heteroatoms. The summed E-state index contributed by atoms with van der Waals surface area (Å²) in [6.07, 6.45) is 3.27. The third kappa shape index (κ3) is 4.47. The monoisotopic (exact) mass is 270 g/mol. The van der Waals surface area contributed by atoms with Gasteiger partial charge in [-0.3, -0.25) is 14.5 Å². The minimum atomic E-state index is -0.216. The minimum absolute atomic E-state index is 0.0558. The number of methoxy groups -OCH3 is 1. The molecule has 1 aliphatic carbocycles. The molecule has 2 aliphatic rings. The van der Waals surface area contributed by atoms with Crippen molar-refractivity contribution in [1.29, 1.82) is 0 Å². The highest BCUT2D eigenvalue weighted by atomic mass is 16.5. The predicted octanol–water partition coefficient (Wildman–Crippen LogP) is -0.0810. The van der Waals surface area contributed by atoms with Crippen LogP contribution in [0.5, 0.6) is 0 Å². The highest BCUT2D eigenvalue weighted by Gasteiger charge is 2.32. The van der Waals surface area contributed by atoms with Crippen LogP contribution in [0, 0.1) is 0 Å². The van der Waals surface area contributed by atoms with E-state index in [2.05, 4.69) is 15.0 Å². The molecule has 6 nitrogen and oxygen atoms in total. The van der Waals surface area contributed by atoms with Gasteiger partial charge in [-0.05, 0) is 25.8 Å². The van der Waals surface area contributed by atoms with Crippen LogP contribution in [0.4, 0.5) is 0 Å². The standard InChI is InChI=1S/C13H22N2O4/c1-18-12(16)3-2-6-15-7-8-19-9-11(15)13(17)14-10-4-5-10/h10-11H,2-9H2,1H3,(H,14,17). The predicted molar refractivity (Wildman–Crippen MR) is 68.6 cm³/mol. The molecular formula is C13H22N2O4. The van der Waals surface area contributed by atoms with Gasteiger partial charge in [0.1, 0.15) is 6.04 Å².